The Kier molecular flexibility index (Phi) is 2.83. The molecule has 5 nitrogen and oxygen atoms in total. The van der Waals surface area contributed by atoms with E-state index in [-0.39, 0.29) is 0 Å². The first-order valence-electron chi connectivity index (χ1n) is 5.93. The lowest BCUT2D eigenvalue weighted by Crippen LogP contribution is -1.98. The summed E-state index contributed by atoms with van der Waals surface area (Å²) in [7, 11) is 0. The number of halogens is 1. The molecular formula is C13H12ClN5. The van der Waals surface area contributed by atoms with Gasteiger partial charge in [-0.2, -0.15) is 5.10 Å². The van der Waals surface area contributed by atoms with Crippen molar-refractivity contribution in [2.24, 2.45) is 0 Å². The summed E-state index contributed by atoms with van der Waals surface area (Å²) in [4.78, 5) is 8.31. The molecule has 2 N–H and O–H groups in total. The van der Waals surface area contributed by atoms with Crippen LogP contribution in [0.1, 0.15) is 6.92 Å². The summed E-state index contributed by atoms with van der Waals surface area (Å²) in [5.41, 5.74) is 8.44. The molecule has 2 aromatic heterocycles. The number of nitrogens with two attached hydrogens (primary N) is 1. The number of fused-ring (bicyclic) bond motifs is 1. The topological polar surface area (TPSA) is 69.6 Å². The van der Waals surface area contributed by atoms with E-state index in [1.54, 1.807) is 0 Å². The Morgan fingerprint density at radius 1 is 1.21 bits per heavy atom. The van der Waals surface area contributed by atoms with Crippen molar-refractivity contribution in [1.82, 2.24) is 19.7 Å². The normalized spacial score (nSPS) is 11.1. The zero-order valence-corrected chi connectivity index (χ0v) is 11.1. The van der Waals surface area contributed by atoms with E-state index in [0.717, 1.165) is 28.8 Å². The van der Waals surface area contributed by atoms with E-state index in [1.807, 2.05) is 35.9 Å². The average Bonchev–Trinajstić information content (AvgIpc) is 2.80. The Morgan fingerprint density at radius 3 is 2.63 bits per heavy atom. The van der Waals surface area contributed by atoms with Crippen LogP contribution in [-0.4, -0.2) is 19.7 Å². The second-order valence-electron chi connectivity index (χ2n) is 4.13. The molecule has 0 saturated heterocycles. The van der Waals surface area contributed by atoms with Crippen molar-refractivity contribution in [3.05, 3.63) is 35.6 Å². The van der Waals surface area contributed by atoms with Crippen LogP contribution in [0.4, 0.5) is 5.82 Å². The van der Waals surface area contributed by atoms with Crippen molar-refractivity contribution in [1.29, 1.82) is 0 Å². The number of nitrogen functional groups attached to an aromatic ring is 1. The molecule has 0 bridgehead atoms. The number of hydrogen-bond donors (Lipinski definition) is 1. The van der Waals surface area contributed by atoms with Gasteiger partial charge in [-0.25, -0.2) is 14.6 Å². The molecule has 6 heteroatoms. The first-order valence-corrected chi connectivity index (χ1v) is 6.31. The van der Waals surface area contributed by atoms with E-state index >= 15 is 0 Å². The quantitative estimate of drug-likeness (QED) is 0.779. The number of anilines is 1. The number of aromatic nitrogens is 4. The molecule has 0 saturated carbocycles. The molecule has 0 radical (unpaired) electrons. The fourth-order valence-corrected chi connectivity index (χ4v) is 2.19. The molecule has 0 aliphatic carbocycles. The third-order valence-corrected chi connectivity index (χ3v) is 3.23. The molecule has 96 valence electrons. The van der Waals surface area contributed by atoms with Gasteiger partial charge in [0.25, 0.3) is 0 Å². The van der Waals surface area contributed by atoms with Gasteiger partial charge in [-0.05, 0) is 19.1 Å². The average molecular weight is 274 g/mol. The SMILES string of the molecule is CCn1nc(-c2ccc(Cl)cc2)c2c(N)ncnc21. The summed E-state index contributed by atoms with van der Waals surface area (Å²) in [6, 6.07) is 7.48. The zero-order chi connectivity index (χ0) is 13.4. The monoisotopic (exact) mass is 273 g/mol. The van der Waals surface area contributed by atoms with Crippen molar-refractivity contribution in [2.75, 3.05) is 5.73 Å². The van der Waals surface area contributed by atoms with Crippen LogP contribution in [0.15, 0.2) is 30.6 Å². The Hall–Kier alpha value is -2.14. The molecule has 19 heavy (non-hydrogen) atoms. The second kappa shape index (κ2) is 4.51. The van der Waals surface area contributed by atoms with E-state index in [0.29, 0.717) is 10.8 Å². The van der Waals surface area contributed by atoms with E-state index in [1.165, 1.54) is 6.33 Å². The highest BCUT2D eigenvalue weighted by Crippen LogP contribution is 2.30. The molecule has 0 atom stereocenters. The molecule has 3 aromatic rings. The molecule has 0 aliphatic heterocycles. The van der Waals surface area contributed by atoms with Gasteiger partial charge < -0.3 is 5.73 Å². The zero-order valence-electron chi connectivity index (χ0n) is 10.3. The van der Waals surface area contributed by atoms with Gasteiger partial charge in [0.05, 0.1) is 5.39 Å². The Morgan fingerprint density at radius 2 is 1.95 bits per heavy atom. The minimum Gasteiger partial charge on any atom is -0.383 e. The van der Waals surface area contributed by atoms with Gasteiger partial charge in [0.15, 0.2) is 5.65 Å². The first kappa shape index (κ1) is 11.9. The van der Waals surface area contributed by atoms with Crippen LogP contribution in [0, 0.1) is 0 Å². The first-order chi connectivity index (χ1) is 9.20. The van der Waals surface area contributed by atoms with Crippen LogP contribution in [-0.2, 0) is 6.54 Å². The fourth-order valence-electron chi connectivity index (χ4n) is 2.06. The van der Waals surface area contributed by atoms with Gasteiger partial charge >= 0.3 is 0 Å². The van der Waals surface area contributed by atoms with Crippen LogP contribution >= 0.6 is 11.6 Å². The van der Waals surface area contributed by atoms with Crippen molar-refractivity contribution in [2.45, 2.75) is 13.5 Å². The van der Waals surface area contributed by atoms with Gasteiger partial charge in [-0.1, -0.05) is 23.7 Å². The number of benzene rings is 1. The second-order valence-corrected chi connectivity index (χ2v) is 4.57. The van der Waals surface area contributed by atoms with E-state index in [2.05, 4.69) is 15.1 Å². The van der Waals surface area contributed by atoms with E-state index in [4.69, 9.17) is 17.3 Å². The molecule has 3 rings (SSSR count). The highest BCUT2D eigenvalue weighted by molar-refractivity contribution is 6.30. The summed E-state index contributed by atoms with van der Waals surface area (Å²) >= 11 is 5.91. The number of aryl methyl sites for hydroxylation is 1. The predicted molar refractivity (Wildman–Crippen MR) is 75.9 cm³/mol. The Balaban J connectivity index is 2.32. The van der Waals surface area contributed by atoms with Gasteiger partial charge in [0, 0.05) is 17.1 Å². The lowest BCUT2D eigenvalue weighted by Gasteiger charge is -1.99. The van der Waals surface area contributed by atoms with Gasteiger partial charge in [-0.3, -0.25) is 0 Å². The third kappa shape index (κ3) is 1.92. The maximum Gasteiger partial charge on any atom is 0.163 e. The van der Waals surface area contributed by atoms with E-state index in [9.17, 15) is 0 Å². The standard InChI is InChI=1S/C13H12ClN5/c1-2-19-13-10(12(15)16-7-17-13)11(18-19)8-3-5-9(14)6-4-8/h3-7H,2H2,1H3,(H2,15,16,17). The highest BCUT2D eigenvalue weighted by Gasteiger charge is 2.15. The van der Waals surface area contributed by atoms with Crippen LogP contribution < -0.4 is 5.73 Å². The molecule has 0 amide bonds. The Labute approximate surface area is 115 Å². The number of nitrogens with zero attached hydrogens (tertiary/aromatic N) is 4. The maximum absolute atomic E-state index is 5.96. The van der Waals surface area contributed by atoms with Crippen molar-refractivity contribution in [3.63, 3.8) is 0 Å². The van der Waals surface area contributed by atoms with Crippen LogP contribution in [0.5, 0.6) is 0 Å². The fraction of sp³-hybridized carbons (Fsp3) is 0.154. The minimum atomic E-state index is 0.439. The molecule has 0 aliphatic rings. The summed E-state index contributed by atoms with van der Waals surface area (Å²) in [6.07, 6.45) is 1.46. The summed E-state index contributed by atoms with van der Waals surface area (Å²) < 4.78 is 1.82. The smallest absolute Gasteiger partial charge is 0.163 e. The van der Waals surface area contributed by atoms with Crippen LogP contribution in [0.2, 0.25) is 5.02 Å². The molecule has 0 spiro atoms. The minimum absolute atomic E-state index is 0.439. The van der Waals surface area contributed by atoms with Gasteiger partial charge in [0.1, 0.15) is 17.8 Å². The largest absolute Gasteiger partial charge is 0.383 e. The summed E-state index contributed by atoms with van der Waals surface area (Å²) in [5, 5.41) is 6.03. The van der Waals surface area contributed by atoms with Crippen molar-refractivity contribution in [3.8, 4) is 11.3 Å². The van der Waals surface area contributed by atoms with Crippen LogP contribution in [0.3, 0.4) is 0 Å². The summed E-state index contributed by atoms with van der Waals surface area (Å²) in [5.74, 6) is 0.439. The molecule has 1 aromatic carbocycles. The third-order valence-electron chi connectivity index (χ3n) is 2.98. The van der Waals surface area contributed by atoms with Crippen molar-refractivity contribution < 1.29 is 0 Å². The van der Waals surface area contributed by atoms with Gasteiger partial charge in [0.2, 0.25) is 0 Å². The van der Waals surface area contributed by atoms with E-state index < -0.39 is 0 Å². The van der Waals surface area contributed by atoms with Crippen LogP contribution in [0.25, 0.3) is 22.3 Å². The summed E-state index contributed by atoms with van der Waals surface area (Å²) in [6.45, 7) is 2.73. The molecular weight excluding hydrogens is 262 g/mol. The maximum atomic E-state index is 5.96. The lowest BCUT2D eigenvalue weighted by molar-refractivity contribution is 0.679. The number of hydrogen-bond acceptors (Lipinski definition) is 4. The molecule has 2 heterocycles. The van der Waals surface area contributed by atoms with Gasteiger partial charge in [-0.15, -0.1) is 0 Å². The van der Waals surface area contributed by atoms with Crippen molar-refractivity contribution >= 4 is 28.5 Å². The lowest BCUT2D eigenvalue weighted by atomic mass is 10.1. The molecule has 0 fully saturated rings. The highest BCUT2D eigenvalue weighted by atomic mass is 35.5. The Bertz CT molecular complexity index is 733. The molecule has 0 unspecified atom stereocenters. The predicted octanol–water partition coefficient (Wildman–Crippen LogP) is 2.75. The number of rotatable bonds is 2.